The van der Waals surface area contributed by atoms with E-state index in [4.69, 9.17) is 5.73 Å². The summed E-state index contributed by atoms with van der Waals surface area (Å²) in [5.41, 5.74) is 6.82. The van der Waals surface area contributed by atoms with E-state index in [0.717, 1.165) is 25.0 Å². The van der Waals surface area contributed by atoms with Crippen molar-refractivity contribution in [1.29, 1.82) is 0 Å². The van der Waals surface area contributed by atoms with Crippen molar-refractivity contribution in [2.45, 2.75) is 25.8 Å². The minimum atomic E-state index is 0.125. The Kier molecular flexibility index (Phi) is 3.84. The number of nitrogens with two attached hydrogens (primary N) is 1. The van der Waals surface area contributed by atoms with Crippen molar-refractivity contribution >= 4 is 5.91 Å². The maximum atomic E-state index is 12.0. The highest BCUT2D eigenvalue weighted by Crippen LogP contribution is 2.30. The minimum absolute atomic E-state index is 0.125. The Labute approximate surface area is 102 Å². The highest BCUT2D eigenvalue weighted by Gasteiger charge is 2.31. The Bertz CT molecular complexity index is 386. The van der Waals surface area contributed by atoms with Crippen LogP contribution in [0, 0.1) is 11.8 Å². The van der Waals surface area contributed by atoms with Crippen LogP contribution in [0.25, 0.3) is 0 Å². The molecule has 2 rings (SSSR count). The SMILES string of the molecule is Cn1cccc1CNC(=O)C1CCCC1CN. The first-order chi connectivity index (χ1) is 8.22. The second-order valence-corrected chi connectivity index (χ2v) is 4.86. The van der Waals surface area contributed by atoms with Gasteiger partial charge in [0.2, 0.25) is 5.91 Å². The smallest absolute Gasteiger partial charge is 0.223 e. The second kappa shape index (κ2) is 5.36. The van der Waals surface area contributed by atoms with Gasteiger partial charge in [0, 0.05) is 24.9 Å². The highest BCUT2D eigenvalue weighted by atomic mass is 16.1. The molecule has 1 heterocycles. The molecule has 4 nitrogen and oxygen atoms in total. The Balaban J connectivity index is 1.87. The summed E-state index contributed by atoms with van der Waals surface area (Å²) in [6.07, 6.45) is 5.20. The molecule has 1 fully saturated rings. The largest absolute Gasteiger partial charge is 0.353 e. The normalized spacial score (nSPS) is 23.9. The highest BCUT2D eigenvalue weighted by molar-refractivity contribution is 5.79. The van der Waals surface area contributed by atoms with E-state index in [2.05, 4.69) is 5.32 Å². The number of hydrogen-bond donors (Lipinski definition) is 2. The summed E-state index contributed by atoms with van der Waals surface area (Å²) < 4.78 is 2.02. The lowest BCUT2D eigenvalue weighted by Gasteiger charge is -2.17. The maximum absolute atomic E-state index is 12.0. The van der Waals surface area contributed by atoms with Gasteiger partial charge in [-0.15, -0.1) is 0 Å². The molecule has 0 aromatic carbocycles. The van der Waals surface area contributed by atoms with Crippen LogP contribution in [-0.2, 0) is 18.4 Å². The molecule has 4 heteroatoms. The van der Waals surface area contributed by atoms with Crippen LogP contribution in [0.5, 0.6) is 0 Å². The standard InChI is InChI=1S/C13H21N3O/c1-16-7-3-5-11(16)9-15-13(17)12-6-2-4-10(12)8-14/h3,5,7,10,12H,2,4,6,8-9,14H2,1H3,(H,15,17). The number of rotatable bonds is 4. The van der Waals surface area contributed by atoms with Crippen molar-refractivity contribution < 1.29 is 4.79 Å². The zero-order valence-corrected chi connectivity index (χ0v) is 10.4. The summed E-state index contributed by atoms with van der Waals surface area (Å²) in [5, 5.41) is 3.02. The van der Waals surface area contributed by atoms with Crippen molar-refractivity contribution in [1.82, 2.24) is 9.88 Å². The van der Waals surface area contributed by atoms with Gasteiger partial charge in [-0.25, -0.2) is 0 Å². The number of carbonyl (C=O) groups is 1. The summed E-state index contributed by atoms with van der Waals surface area (Å²) in [7, 11) is 1.99. The summed E-state index contributed by atoms with van der Waals surface area (Å²) in [5.74, 6) is 0.669. The van der Waals surface area contributed by atoms with Crippen LogP contribution in [0.1, 0.15) is 25.0 Å². The summed E-state index contributed by atoms with van der Waals surface area (Å²) in [6.45, 7) is 1.23. The van der Waals surface area contributed by atoms with Crippen LogP contribution in [0.2, 0.25) is 0 Å². The van der Waals surface area contributed by atoms with Gasteiger partial charge in [0.1, 0.15) is 0 Å². The fraction of sp³-hybridized carbons (Fsp3) is 0.615. The van der Waals surface area contributed by atoms with Gasteiger partial charge < -0.3 is 15.6 Å². The average Bonchev–Trinajstić information content (AvgIpc) is 2.94. The van der Waals surface area contributed by atoms with Gasteiger partial charge in [-0.1, -0.05) is 6.42 Å². The van der Waals surface area contributed by atoms with Crippen LogP contribution in [-0.4, -0.2) is 17.0 Å². The Morgan fingerprint density at radius 3 is 3.06 bits per heavy atom. The quantitative estimate of drug-likeness (QED) is 0.818. The van der Waals surface area contributed by atoms with Crippen molar-refractivity contribution in [3.8, 4) is 0 Å². The Morgan fingerprint density at radius 2 is 2.41 bits per heavy atom. The monoisotopic (exact) mass is 235 g/mol. The molecule has 94 valence electrons. The Morgan fingerprint density at radius 1 is 1.59 bits per heavy atom. The molecular formula is C13H21N3O. The van der Waals surface area contributed by atoms with Gasteiger partial charge in [-0.05, 0) is 37.4 Å². The molecule has 0 radical (unpaired) electrons. The van der Waals surface area contributed by atoms with E-state index >= 15 is 0 Å². The van der Waals surface area contributed by atoms with E-state index in [1.54, 1.807) is 0 Å². The molecule has 0 bridgehead atoms. The third-order valence-electron chi connectivity index (χ3n) is 3.79. The lowest BCUT2D eigenvalue weighted by atomic mass is 9.95. The van der Waals surface area contributed by atoms with E-state index in [9.17, 15) is 4.79 Å². The van der Waals surface area contributed by atoms with Crippen LogP contribution < -0.4 is 11.1 Å². The molecular weight excluding hydrogens is 214 g/mol. The number of aromatic nitrogens is 1. The van der Waals surface area contributed by atoms with Crippen molar-refractivity contribution in [3.05, 3.63) is 24.0 Å². The second-order valence-electron chi connectivity index (χ2n) is 4.86. The molecule has 1 aromatic heterocycles. The number of amides is 1. The number of aryl methyl sites for hydroxylation is 1. The first kappa shape index (κ1) is 12.2. The summed E-state index contributed by atoms with van der Waals surface area (Å²) in [6, 6.07) is 4.01. The van der Waals surface area contributed by atoms with Gasteiger partial charge in [-0.2, -0.15) is 0 Å². The molecule has 1 aromatic rings. The van der Waals surface area contributed by atoms with E-state index in [0.29, 0.717) is 19.0 Å². The number of hydrogen-bond acceptors (Lipinski definition) is 2. The van der Waals surface area contributed by atoms with E-state index < -0.39 is 0 Å². The van der Waals surface area contributed by atoms with E-state index in [-0.39, 0.29) is 11.8 Å². The molecule has 0 aliphatic heterocycles. The molecule has 1 saturated carbocycles. The zero-order chi connectivity index (χ0) is 12.3. The number of nitrogens with one attached hydrogen (secondary N) is 1. The maximum Gasteiger partial charge on any atom is 0.223 e. The number of nitrogens with zero attached hydrogens (tertiary/aromatic N) is 1. The van der Waals surface area contributed by atoms with Gasteiger partial charge in [0.25, 0.3) is 0 Å². The molecule has 2 unspecified atom stereocenters. The number of carbonyl (C=O) groups excluding carboxylic acids is 1. The predicted molar refractivity (Wildman–Crippen MR) is 67.1 cm³/mol. The molecule has 3 N–H and O–H groups in total. The molecule has 17 heavy (non-hydrogen) atoms. The van der Waals surface area contributed by atoms with Crippen LogP contribution in [0.4, 0.5) is 0 Å². The molecule has 1 aliphatic rings. The lowest BCUT2D eigenvalue weighted by molar-refractivity contribution is -0.126. The average molecular weight is 235 g/mol. The first-order valence-electron chi connectivity index (χ1n) is 6.30. The van der Waals surface area contributed by atoms with Gasteiger partial charge in [0.15, 0.2) is 0 Å². The fourth-order valence-electron chi connectivity index (χ4n) is 2.65. The van der Waals surface area contributed by atoms with E-state index in [1.165, 1.54) is 0 Å². The molecule has 0 saturated heterocycles. The Hall–Kier alpha value is -1.29. The fourth-order valence-corrected chi connectivity index (χ4v) is 2.65. The van der Waals surface area contributed by atoms with Crippen LogP contribution in [0.3, 0.4) is 0 Å². The molecule has 0 spiro atoms. The zero-order valence-electron chi connectivity index (χ0n) is 10.4. The topological polar surface area (TPSA) is 60.0 Å². The van der Waals surface area contributed by atoms with Crippen molar-refractivity contribution in [2.75, 3.05) is 6.54 Å². The molecule has 1 aliphatic carbocycles. The minimum Gasteiger partial charge on any atom is -0.353 e. The third kappa shape index (κ3) is 2.69. The lowest BCUT2D eigenvalue weighted by Crippen LogP contribution is -2.35. The van der Waals surface area contributed by atoms with Gasteiger partial charge in [-0.3, -0.25) is 4.79 Å². The molecule has 2 atom stereocenters. The van der Waals surface area contributed by atoms with Crippen LogP contribution in [0.15, 0.2) is 18.3 Å². The van der Waals surface area contributed by atoms with Gasteiger partial charge >= 0.3 is 0 Å². The summed E-state index contributed by atoms with van der Waals surface area (Å²) in [4.78, 5) is 12.0. The van der Waals surface area contributed by atoms with Crippen molar-refractivity contribution in [3.63, 3.8) is 0 Å². The summed E-state index contributed by atoms with van der Waals surface area (Å²) >= 11 is 0. The predicted octanol–water partition coefficient (Wildman–Crippen LogP) is 1.02. The van der Waals surface area contributed by atoms with Crippen molar-refractivity contribution in [2.24, 2.45) is 24.6 Å². The van der Waals surface area contributed by atoms with E-state index in [1.807, 2.05) is 29.9 Å². The molecule has 1 amide bonds. The first-order valence-corrected chi connectivity index (χ1v) is 6.30. The third-order valence-corrected chi connectivity index (χ3v) is 3.79. The van der Waals surface area contributed by atoms with Gasteiger partial charge in [0.05, 0.1) is 6.54 Å². The van der Waals surface area contributed by atoms with Crippen LogP contribution >= 0.6 is 0 Å².